The van der Waals surface area contributed by atoms with Crippen molar-refractivity contribution in [3.05, 3.63) is 23.8 Å². The van der Waals surface area contributed by atoms with E-state index in [1.54, 1.807) is 0 Å². The average molecular weight is 575 g/mol. The van der Waals surface area contributed by atoms with Gasteiger partial charge in [0.1, 0.15) is 0 Å². The van der Waals surface area contributed by atoms with E-state index < -0.39 is 0 Å². The summed E-state index contributed by atoms with van der Waals surface area (Å²) in [7, 11) is 0. The summed E-state index contributed by atoms with van der Waals surface area (Å²) in [5.74, 6) is 5.36. The molecule has 0 fully saturated rings. The summed E-state index contributed by atoms with van der Waals surface area (Å²) in [6.45, 7) is 26.0. The highest BCUT2D eigenvalue weighted by Crippen LogP contribution is 2.26. The van der Waals surface area contributed by atoms with Crippen molar-refractivity contribution in [3.63, 3.8) is 0 Å². The summed E-state index contributed by atoms with van der Waals surface area (Å²) in [4.78, 5) is 0. The monoisotopic (exact) mass is 575 g/mol. The molecular formula is C40H78O. The first kappa shape index (κ1) is 40.4. The molecule has 0 saturated carbocycles. The molecule has 0 saturated heterocycles. The van der Waals surface area contributed by atoms with Crippen LogP contribution >= 0.6 is 0 Å². The van der Waals surface area contributed by atoms with Crippen LogP contribution in [0.5, 0.6) is 0 Å². The predicted molar refractivity (Wildman–Crippen MR) is 188 cm³/mol. The minimum atomic E-state index is 0.230. The number of aliphatic hydroxyl groups excluding tert-OH is 1. The van der Waals surface area contributed by atoms with Crippen LogP contribution in [0.4, 0.5) is 0 Å². The number of hydrogen-bond acceptors (Lipinski definition) is 1. The lowest BCUT2D eigenvalue weighted by Crippen LogP contribution is -2.09. The Morgan fingerprint density at radius 2 is 0.878 bits per heavy atom. The first-order valence-corrected chi connectivity index (χ1v) is 18.4. The molecule has 0 aromatic carbocycles. The maximum Gasteiger partial charge on any atom is 0.0499 e. The molecule has 0 aromatic heterocycles. The molecule has 0 unspecified atom stereocenters. The van der Waals surface area contributed by atoms with E-state index in [-0.39, 0.29) is 12.5 Å². The topological polar surface area (TPSA) is 20.2 Å². The molecule has 0 aliphatic carbocycles. The van der Waals surface area contributed by atoms with Gasteiger partial charge in [0.2, 0.25) is 0 Å². The number of aliphatic hydroxyl groups is 1. The average Bonchev–Trinajstić information content (AvgIpc) is 2.88. The molecule has 0 radical (unpaired) electrons. The highest BCUT2D eigenvalue weighted by molar-refractivity contribution is 5.06. The minimum Gasteiger partial charge on any atom is -0.396 e. The lowest BCUT2D eigenvalue weighted by Gasteiger charge is -2.18. The molecule has 0 aliphatic rings. The molecule has 0 aliphatic heterocycles. The quantitative estimate of drug-likeness (QED) is 0.0921. The second-order valence-corrected chi connectivity index (χ2v) is 15.5. The standard InChI is InChI=1S/C40H78O/c1-32(2)17-11-19-34(5)21-13-23-36(7)25-15-26-38(9)29-30-40(31-41)39(10)28-16-27-37(8)24-14-22-35(6)20-12-18-33(3)4/h29,32-37,40-41H,10-28,30-31H2,1-9H3/b38-29+/t34-,35+,36-,37+,40-/m1/s1. The van der Waals surface area contributed by atoms with Crippen LogP contribution in [0.3, 0.4) is 0 Å². The van der Waals surface area contributed by atoms with E-state index in [4.69, 9.17) is 0 Å². The third-order valence-electron chi connectivity index (χ3n) is 9.76. The van der Waals surface area contributed by atoms with Crippen LogP contribution in [0.2, 0.25) is 0 Å². The Balaban J connectivity index is 4.04. The summed E-state index contributed by atoms with van der Waals surface area (Å²) >= 11 is 0. The van der Waals surface area contributed by atoms with Gasteiger partial charge in [-0.1, -0.05) is 169 Å². The summed E-state index contributed by atoms with van der Waals surface area (Å²) in [6, 6.07) is 0. The Kier molecular flexibility index (Phi) is 25.5. The van der Waals surface area contributed by atoms with Crippen molar-refractivity contribution in [2.24, 2.45) is 41.4 Å². The Morgan fingerprint density at radius 1 is 0.537 bits per heavy atom. The molecule has 0 spiro atoms. The van der Waals surface area contributed by atoms with Gasteiger partial charge >= 0.3 is 0 Å². The fraction of sp³-hybridized carbons (Fsp3) is 0.900. The second-order valence-electron chi connectivity index (χ2n) is 15.5. The smallest absolute Gasteiger partial charge is 0.0499 e. The zero-order chi connectivity index (χ0) is 31.0. The van der Waals surface area contributed by atoms with Crippen molar-refractivity contribution in [3.8, 4) is 0 Å². The molecule has 0 amide bonds. The van der Waals surface area contributed by atoms with E-state index in [2.05, 4.69) is 75.0 Å². The van der Waals surface area contributed by atoms with Gasteiger partial charge in [-0.25, -0.2) is 0 Å². The third-order valence-corrected chi connectivity index (χ3v) is 9.76. The molecule has 1 nitrogen and oxygen atoms in total. The van der Waals surface area contributed by atoms with Gasteiger partial charge in [-0.15, -0.1) is 0 Å². The molecule has 41 heavy (non-hydrogen) atoms. The van der Waals surface area contributed by atoms with Gasteiger partial charge in [0.25, 0.3) is 0 Å². The largest absolute Gasteiger partial charge is 0.396 e. The molecule has 0 bridgehead atoms. The van der Waals surface area contributed by atoms with Crippen molar-refractivity contribution in [2.45, 2.75) is 184 Å². The van der Waals surface area contributed by atoms with Crippen LogP contribution < -0.4 is 0 Å². The first-order valence-electron chi connectivity index (χ1n) is 18.4. The maximum absolute atomic E-state index is 10.0. The Morgan fingerprint density at radius 3 is 1.24 bits per heavy atom. The fourth-order valence-corrected chi connectivity index (χ4v) is 6.38. The van der Waals surface area contributed by atoms with E-state index in [1.807, 2.05) is 0 Å². The van der Waals surface area contributed by atoms with Crippen LogP contribution in [-0.2, 0) is 0 Å². The zero-order valence-electron chi connectivity index (χ0n) is 29.9. The van der Waals surface area contributed by atoms with Crippen molar-refractivity contribution in [2.75, 3.05) is 6.61 Å². The Bertz CT molecular complexity index is 629. The minimum absolute atomic E-state index is 0.230. The van der Waals surface area contributed by atoms with Crippen LogP contribution in [-0.4, -0.2) is 11.7 Å². The number of rotatable bonds is 28. The lowest BCUT2D eigenvalue weighted by atomic mass is 9.89. The van der Waals surface area contributed by atoms with Crippen molar-refractivity contribution < 1.29 is 5.11 Å². The third kappa shape index (κ3) is 25.6. The molecule has 1 heteroatoms. The Labute approximate surface area is 260 Å². The van der Waals surface area contributed by atoms with E-state index in [0.717, 1.165) is 48.3 Å². The molecule has 0 rings (SSSR count). The summed E-state index contributed by atoms with van der Waals surface area (Å²) in [6.07, 6.45) is 27.5. The summed E-state index contributed by atoms with van der Waals surface area (Å²) in [5.41, 5.74) is 2.75. The molecule has 0 heterocycles. The van der Waals surface area contributed by atoms with E-state index >= 15 is 0 Å². The first-order chi connectivity index (χ1) is 19.4. The van der Waals surface area contributed by atoms with Crippen molar-refractivity contribution >= 4 is 0 Å². The van der Waals surface area contributed by atoms with Crippen molar-refractivity contribution in [1.82, 2.24) is 0 Å². The van der Waals surface area contributed by atoms with E-state index in [9.17, 15) is 5.11 Å². The highest BCUT2D eigenvalue weighted by Gasteiger charge is 2.12. The van der Waals surface area contributed by atoms with Gasteiger partial charge in [-0.2, -0.15) is 0 Å². The van der Waals surface area contributed by atoms with Crippen LogP contribution in [0.25, 0.3) is 0 Å². The van der Waals surface area contributed by atoms with E-state index in [0.29, 0.717) is 0 Å². The molecular weight excluding hydrogens is 496 g/mol. The normalized spacial score (nSPS) is 16.2. The van der Waals surface area contributed by atoms with Gasteiger partial charge < -0.3 is 5.11 Å². The van der Waals surface area contributed by atoms with Crippen LogP contribution in [0.1, 0.15) is 184 Å². The van der Waals surface area contributed by atoms with Crippen LogP contribution in [0.15, 0.2) is 23.8 Å². The maximum atomic E-state index is 10.0. The van der Waals surface area contributed by atoms with Crippen LogP contribution in [0, 0.1) is 41.4 Å². The highest BCUT2D eigenvalue weighted by atomic mass is 16.3. The molecule has 5 atom stereocenters. The molecule has 1 N–H and O–H groups in total. The fourth-order valence-electron chi connectivity index (χ4n) is 6.38. The lowest BCUT2D eigenvalue weighted by molar-refractivity contribution is 0.244. The van der Waals surface area contributed by atoms with Gasteiger partial charge in [0, 0.05) is 12.5 Å². The number of hydrogen-bond donors (Lipinski definition) is 1. The van der Waals surface area contributed by atoms with Gasteiger partial charge in [-0.3, -0.25) is 0 Å². The zero-order valence-corrected chi connectivity index (χ0v) is 29.9. The molecule has 244 valence electrons. The van der Waals surface area contributed by atoms with Crippen molar-refractivity contribution in [1.29, 1.82) is 0 Å². The summed E-state index contributed by atoms with van der Waals surface area (Å²) in [5, 5.41) is 10.0. The van der Waals surface area contributed by atoms with Gasteiger partial charge in [0.15, 0.2) is 0 Å². The van der Waals surface area contributed by atoms with Gasteiger partial charge in [-0.05, 0) is 74.5 Å². The summed E-state index contributed by atoms with van der Waals surface area (Å²) < 4.78 is 0. The van der Waals surface area contributed by atoms with Gasteiger partial charge in [0.05, 0.1) is 0 Å². The second kappa shape index (κ2) is 25.9. The Hall–Kier alpha value is -0.560. The SMILES string of the molecule is C=C(CCC[C@@H](C)CCC[C@@H](C)CCCC(C)C)[C@@H](CO)C/C=C(\C)CCC[C@H](C)CCC[C@H](C)CCCC(C)C. The number of allylic oxidation sites excluding steroid dienone is 2. The predicted octanol–water partition coefficient (Wildman–Crippen LogP) is 13.4. The molecule has 0 aromatic rings. The van der Waals surface area contributed by atoms with E-state index in [1.165, 1.54) is 120 Å².